The van der Waals surface area contributed by atoms with Gasteiger partial charge in [-0.25, -0.2) is 5.01 Å². The van der Waals surface area contributed by atoms with Crippen LogP contribution in [0.25, 0.3) is 0 Å². The van der Waals surface area contributed by atoms with E-state index in [-0.39, 0.29) is 0 Å². The van der Waals surface area contributed by atoms with E-state index in [2.05, 4.69) is 10.4 Å². The Morgan fingerprint density at radius 2 is 1.69 bits per heavy atom. The Hall–Kier alpha value is -0.0800. The monoisotopic (exact) mass is 181 g/mol. The second-order valence-electron chi connectivity index (χ2n) is 4.47. The van der Waals surface area contributed by atoms with Gasteiger partial charge in [0.15, 0.2) is 0 Å². The van der Waals surface area contributed by atoms with Crippen molar-refractivity contribution in [1.82, 2.24) is 10.4 Å². The maximum atomic E-state index is 4.41. The molecule has 2 heteroatoms. The van der Waals surface area contributed by atoms with E-state index in [0.29, 0.717) is 0 Å². The van der Waals surface area contributed by atoms with Crippen molar-refractivity contribution in [1.29, 1.82) is 0 Å². The number of nitrogens with zero attached hydrogens (tertiary/aromatic N) is 2. The minimum atomic E-state index is 0.793. The van der Waals surface area contributed by atoms with Gasteiger partial charge >= 0.3 is 0 Å². The average molecular weight is 181 g/mol. The van der Waals surface area contributed by atoms with Crippen LogP contribution in [0.1, 0.15) is 44.9 Å². The molecular formula is C11H21N2. The van der Waals surface area contributed by atoms with E-state index in [1.807, 2.05) is 7.05 Å². The fourth-order valence-electron chi connectivity index (χ4n) is 3.01. The zero-order valence-corrected chi connectivity index (χ0v) is 8.71. The molecule has 1 saturated heterocycles. The average Bonchev–Trinajstić information content (AvgIpc) is 2.70. The molecule has 0 bridgehead atoms. The number of piperidine rings is 1. The standard InChI is InChI=1S/C11H21N2/c1-12-13-9-5-4-8-11(13)10-6-2-3-7-10/h10-11H,2-9H2,1H3. The van der Waals surface area contributed by atoms with E-state index in [1.54, 1.807) is 0 Å². The molecule has 1 saturated carbocycles. The highest BCUT2D eigenvalue weighted by Crippen LogP contribution is 2.33. The maximum Gasteiger partial charge on any atom is 0.0287 e. The molecule has 1 heterocycles. The number of hydrogen-bond acceptors (Lipinski definition) is 1. The first-order valence-electron chi connectivity index (χ1n) is 5.78. The van der Waals surface area contributed by atoms with Crippen LogP contribution in [0.3, 0.4) is 0 Å². The van der Waals surface area contributed by atoms with Crippen LogP contribution in [0.15, 0.2) is 0 Å². The first-order valence-corrected chi connectivity index (χ1v) is 5.78. The Labute approximate surface area is 81.7 Å². The summed E-state index contributed by atoms with van der Waals surface area (Å²) in [6, 6.07) is 0.793. The molecule has 0 aromatic rings. The van der Waals surface area contributed by atoms with Crippen LogP contribution in [0.4, 0.5) is 0 Å². The van der Waals surface area contributed by atoms with E-state index in [1.165, 1.54) is 51.5 Å². The Morgan fingerprint density at radius 1 is 1.00 bits per heavy atom. The summed E-state index contributed by atoms with van der Waals surface area (Å²) in [4.78, 5) is 0. The molecule has 13 heavy (non-hydrogen) atoms. The lowest BCUT2D eigenvalue weighted by atomic mass is 9.90. The summed E-state index contributed by atoms with van der Waals surface area (Å²) >= 11 is 0. The number of hydrogen-bond donors (Lipinski definition) is 0. The van der Waals surface area contributed by atoms with E-state index >= 15 is 0 Å². The highest BCUT2D eigenvalue weighted by Gasteiger charge is 2.31. The van der Waals surface area contributed by atoms with Crippen molar-refractivity contribution in [3.05, 3.63) is 0 Å². The van der Waals surface area contributed by atoms with Crippen molar-refractivity contribution in [3.8, 4) is 0 Å². The van der Waals surface area contributed by atoms with Crippen molar-refractivity contribution in [2.45, 2.75) is 51.0 Å². The summed E-state index contributed by atoms with van der Waals surface area (Å²) in [7, 11) is 1.95. The zero-order valence-electron chi connectivity index (χ0n) is 8.71. The van der Waals surface area contributed by atoms with Crippen molar-refractivity contribution in [2.75, 3.05) is 13.6 Å². The van der Waals surface area contributed by atoms with Gasteiger partial charge in [-0.05, 0) is 31.6 Å². The second kappa shape index (κ2) is 4.43. The maximum absolute atomic E-state index is 4.41. The highest BCUT2D eigenvalue weighted by molar-refractivity contribution is 4.83. The van der Waals surface area contributed by atoms with E-state index in [9.17, 15) is 0 Å². The molecule has 1 unspecified atom stereocenters. The molecule has 0 N–H and O–H groups in total. The van der Waals surface area contributed by atoms with Gasteiger partial charge in [0.2, 0.25) is 0 Å². The molecule has 0 spiro atoms. The van der Waals surface area contributed by atoms with Crippen molar-refractivity contribution < 1.29 is 0 Å². The Bertz CT molecular complexity index is 150. The molecule has 2 aliphatic rings. The van der Waals surface area contributed by atoms with Gasteiger partial charge in [0, 0.05) is 19.6 Å². The van der Waals surface area contributed by atoms with Gasteiger partial charge < -0.3 is 0 Å². The summed E-state index contributed by atoms with van der Waals surface area (Å²) in [5, 5.41) is 2.36. The largest absolute Gasteiger partial charge is 0.224 e. The van der Waals surface area contributed by atoms with Crippen LogP contribution in [0, 0.1) is 5.92 Å². The molecule has 1 radical (unpaired) electrons. The van der Waals surface area contributed by atoms with Crippen LogP contribution < -0.4 is 5.43 Å². The first kappa shape index (κ1) is 9.47. The van der Waals surface area contributed by atoms with Crippen LogP contribution in [-0.2, 0) is 0 Å². The smallest absolute Gasteiger partial charge is 0.0287 e. The second-order valence-corrected chi connectivity index (χ2v) is 4.47. The molecule has 2 rings (SSSR count). The summed E-state index contributed by atoms with van der Waals surface area (Å²) < 4.78 is 0. The quantitative estimate of drug-likeness (QED) is 0.638. The molecule has 0 amide bonds. The lowest BCUT2D eigenvalue weighted by Gasteiger charge is -2.37. The molecule has 0 aromatic heterocycles. The molecule has 1 aliphatic heterocycles. The minimum Gasteiger partial charge on any atom is -0.224 e. The van der Waals surface area contributed by atoms with E-state index in [4.69, 9.17) is 0 Å². The predicted octanol–water partition coefficient (Wildman–Crippen LogP) is 2.18. The number of rotatable bonds is 2. The van der Waals surface area contributed by atoms with Gasteiger partial charge in [-0.1, -0.05) is 19.3 Å². The molecule has 75 valence electrons. The minimum absolute atomic E-state index is 0.793. The third kappa shape index (κ3) is 2.05. The summed E-state index contributed by atoms with van der Waals surface area (Å²) in [6.07, 6.45) is 9.99. The van der Waals surface area contributed by atoms with Crippen molar-refractivity contribution in [2.24, 2.45) is 5.92 Å². The first-order chi connectivity index (χ1) is 6.42. The van der Waals surface area contributed by atoms with Gasteiger partial charge in [-0.3, -0.25) is 0 Å². The molecule has 1 aliphatic carbocycles. The summed E-state index contributed by atoms with van der Waals surface area (Å²) in [5.41, 5.74) is 4.41. The molecule has 0 aromatic carbocycles. The van der Waals surface area contributed by atoms with E-state index < -0.39 is 0 Å². The molecule has 1 atom stereocenters. The predicted molar refractivity (Wildman–Crippen MR) is 54.4 cm³/mol. The van der Waals surface area contributed by atoms with E-state index in [0.717, 1.165) is 12.0 Å². The van der Waals surface area contributed by atoms with Crippen LogP contribution in [-0.4, -0.2) is 24.6 Å². The topological polar surface area (TPSA) is 17.3 Å². The van der Waals surface area contributed by atoms with Gasteiger partial charge in [0.05, 0.1) is 0 Å². The van der Waals surface area contributed by atoms with Crippen molar-refractivity contribution in [3.63, 3.8) is 0 Å². The SMILES string of the molecule is C[N]N1CCCCC1C1CCCC1. The Morgan fingerprint density at radius 3 is 2.38 bits per heavy atom. The Kier molecular flexibility index (Phi) is 3.23. The van der Waals surface area contributed by atoms with Crippen LogP contribution >= 0.6 is 0 Å². The molecule has 2 nitrogen and oxygen atoms in total. The Balaban J connectivity index is 1.93. The third-order valence-electron chi connectivity index (χ3n) is 3.72. The fourth-order valence-corrected chi connectivity index (χ4v) is 3.01. The van der Waals surface area contributed by atoms with Crippen LogP contribution in [0.5, 0.6) is 0 Å². The summed E-state index contributed by atoms with van der Waals surface area (Å²) in [5.74, 6) is 0.962. The third-order valence-corrected chi connectivity index (χ3v) is 3.72. The van der Waals surface area contributed by atoms with Gasteiger partial charge in [-0.2, -0.15) is 5.43 Å². The highest BCUT2D eigenvalue weighted by atomic mass is 15.5. The van der Waals surface area contributed by atoms with Crippen LogP contribution in [0.2, 0.25) is 0 Å². The summed E-state index contributed by atoms with van der Waals surface area (Å²) in [6.45, 7) is 1.21. The normalized spacial score (nSPS) is 32.5. The lowest BCUT2D eigenvalue weighted by Crippen LogP contribution is -2.46. The van der Waals surface area contributed by atoms with Gasteiger partial charge in [-0.15, -0.1) is 0 Å². The molecular weight excluding hydrogens is 160 g/mol. The van der Waals surface area contributed by atoms with Crippen molar-refractivity contribution >= 4 is 0 Å². The van der Waals surface area contributed by atoms with Gasteiger partial charge in [0.25, 0.3) is 0 Å². The van der Waals surface area contributed by atoms with Gasteiger partial charge in [0.1, 0.15) is 0 Å². The zero-order chi connectivity index (χ0) is 9.10. The lowest BCUT2D eigenvalue weighted by molar-refractivity contribution is 0.0551. The fraction of sp³-hybridized carbons (Fsp3) is 1.00. The molecule has 2 fully saturated rings.